The third kappa shape index (κ3) is 4.11. The van der Waals surface area contributed by atoms with Crippen molar-refractivity contribution in [1.82, 2.24) is 5.32 Å². The number of rotatable bonds is 6. The van der Waals surface area contributed by atoms with Gasteiger partial charge in [0.2, 0.25) is 0 Å². The molecule has 2 aromatic rings. The van der Waals surface area contributed by atoms with E-state index in [0.717, 1.165) is 38.6 Å². The summed E-state index contributed by atoms with van der Waals surface area (Å²) in [6.07, 6.45) is 1.09. The number of halogens is 2. The van der Waals surface area contributed by atoms with Crippen LogP contribution >= 0.6 is 34.2 Å². The van der Waals surface area contributed by atoms with Crippen LogP contribution in [0.15, 0.2) is 42.5 Å². The minimum Gasteiger partial charge on any atom is -0.456 e. The third-order valence-corrected chi connectivity index (χ3v) is 4.11. The van der Waals surface area contributed by atoms with Gasteiger partial charge in [0.05, 0.1) is 3.57 Å². The molecule has 0 radical (unpaired) electrons. The zero-order chi connectivity index (χ0) is 14.4. The van der Waals surface area contributed by atoms with Gasteiger partial charge in [0, 0.05) is 17.1 Å². The summed E-state index contributed by atoms with van der Waals surface area (Å²) in [6.45, 7) is 3.82. The van der Waals surface area contributed by atoms with Crippen LogP contribution in [0.2, 0.25) is 5.02 Å². The molecule has 0 saturated carbocycles. The van der Waals surface area contributed by atoms with Gasteiger partial charge in [0.15, 0.2) is 0 Å². The van der Waals surface area contributed by atoms with Crippen molar-refractivity contribution in [2.45, 2.75) is 19.9 Å². The minimum atomic E-state index is 0.715. The van der Waals surface area contributed by atoms with Gasteiger partial charge in [-0.25, -0.2) is 0 Å². The maximum atomic E-state index is 6.29. The molecule has 0 heterocycles. The van der Waals surface area contributed by atoms with Gasteiger partial charge in [-0.2, -0.15) is 0 Å². The first-order valence-corrected chi connectivity index (χ1v) is 8.08. The summed E-state index contributed by atoms with van der Waals surface area (Å²) in [6, 6.07) is 13.7. The molecule has 0 bridgehead atoms. The van der Waals surface area contributed by atoms with Crippen LogP contribution in [0.4, 0.5) is 0 Å². The van der Waals surface area contributed by atoms with Gasteiger partial charge in [0.25, 0.3) is 0 Å². The van der Waals surface area contributed by atoms with Crippen LogP contribution in [0.3, 0.4) is 0 Å². The van der Waals surface area contributed by atoms with Crippen LogP contribution in [-0.2, 0) is 6.54 Å². The van der Waals surface area contributed by atoms with E-state index >= 15 is 0 Å². The average Bonchev–Trinajstić information content (AvgIpc) is 2.44. The van der Waals surface area contributed by atoms with Crippen molar-refractivity contribution in [1.29, 1.82) is 0 Å². The smallest absolute Gasteiger partial charge is 0.140 e. The van der Waals surface area contributed by atoms with E-state index in [1.54, 1.807) is 0 Å². The van der Waals surface area contributed by atoms with Gasteiger partial charge in [-0.3, -0.25) is 0 Å². The number of hydrogen-bond donors (Lipinski definition) is 1. The summed E-state index contributed by atoms with van der Waals surface area (Å²) >= 11 is 8.56. The van der Waals surface area contributed by atoms with Crippen molar-refractivity contribution < 1.29 is 4.74 Å². The Balaban J connectivity index is 2.23. The fraction of sp³-hybridized carbons (Fsp3) is 0.250. The fourth-order valence-electron chi connectivity index (χ4n) is 1.84. The Kier molecular flexibility index (Phi) is 6.13. The second-order valence-corrected chi connectivity index (χ2v) is 6.00. The molecule has 106 valence electrons. The zero-order valence-corrected chi connectivity index (χ0v) is 14.2. The largest absolute Gasteiger partial charge is 0.456 e. The molecule has 2 aromatic carbocycles. The minimum absolute atomic E-state index is 0.715. The molecular formula is C16H17ClINO. The van der Waals surface area contributed by atoms with E-state index in [2.05, 4.69) is 34.8 Å². The molecule has 2 rings (SSSR count). The molecule has 0 aliphatic heterocycles. The molecule has 0 saturated heterocycles. The van der Waals surface area contributed by atoms with E-state index in [-0.39, 0.29) is 0 Å². The Labute approximate surface area is 138 Å². The third-order valence-electron chi connectivity index (χ3n) is 2.86. The Hall–Kier alpha value is -0.780. The molecule has 0 atom stereocenters. The molecule has 0 spiro atoms. The molecule has 0 fully saturated rings. The number of hydrogen-bond acceptors (Lipinski definition) is 2. The lowest BCUT2D eigenvalue weighted by Gasteiger charge is -2.14. The lowest BCUT2D eigenvalue weighted by molar-refractivity contribution is 0.469. The van der Waals surface area contributed by atoms with Crippen molar-refractivity contribution in [2.75, 3.05) is 6.54 Å². The second-order valence-electron chi connectivity index (χ2n) is 4.43. The van der Waals surface area contributed by atoms with E-state index in [1.165, 1.54) is 0 Å². The van der Waals surface area contributed by atoms with Crippen LogP contribution in [0, 0.1) is 3.57 Å². The highest BCUT2D eigenvalue weighted by molar-refractivity contribution is 14.1. The van der Waals surface area contributed by atoms with Gasteiger partial charge in [0.1, 0.15) is 11.5 Å². The second kappa shape index (κ2) is 7.86. The Bertz CT molecular complexity index is 574. The molecule has 2 nitrogen and oxygen atoms in total. The van der Waals surface area contributed by atoms with Gasteiger partial charge >= 0.3 is 0 Å². The van der Waals surface area contributed by atoms with E-state index in [9.17, 15) is 0 Å². The monoisotopic (exact) mass is 401 g/mol. The van der Waals surface area contributed by atoms with Gasteiger partial charge in [-0.15, -0.1) is 0 Å². The molecule has 0 unspecified atom stereocenters. The topological polar surface area (TPSA) is 21.3 Å². The maximum Gasteiger partial charge on any atom is 0.140 e. The summed E-state index contributed by atoms with van der Waals surface area (Å²) in [5, 5.41) is 4.10. The van der Waals surface area contributed by atoms with Gasteiger partial charge < -0.3 is 10.1 Å². The molecule has 0 aromatic heterocycles. The summed E-state index contributed by atoms with van der Waals surface area (Å²) < 4.78 is 7.10. The Morgan fingerprint density at radius 3 is 2.60 bits per heavy atom. The van der Waals surface area contributed by atoms with Crippen LogP contribution in [0.5, 0.6) is 11.5 Å². The predicted octanol–water partition coefficient (Wildman–Crippen LogP) is 5.24. The van der Waals surface area contributed by atoms with E-state index in [0.29, 0.717) is 6.54 Å². The van der Waals surface area contributed by atoms with Crippen molar-refractivity contribution in [3.8, 4) is 11.5 Å². The number of nitrogens with one attached hydrogen (secondary N) is 1. The standard InChI is InChI=1S/C16H17ClINO/c1-2-10-19-11-12-13(17)6-5-9-15(12)20-16-8-4-3-7-14(16)18/h3-9,19H,2,10-11H2,1H3. The van der Waals surface area contributed by atoms with Crippen molar-refractivity contribution in [2.24, 2.45) is 0 Å². The van der Waals surface area contributed by atoms with Crippen molar-refractivity contribution in [3.05, 3.63) is 56.6 Å². The molecule has 1 N–H and O–H groups in total. The highest BCUT2D eigenvalue weighted by Gasteiger charge is 2.10. The normalized spacial score (nSPS) is 10.6. The first-order valence-electron chi connectivity index (χ1n) is 6.63. The van der Waals surface area contributed by atoms with Crippen LogP contribution in [0.1, 0.15) is 18.9 Å². The number of benzene rings is 2. The van der Waals surface area contributed by atoms with Gasteiger partial charge in [-0.1, -0.05) is 36.7 Å². The number of para-hydroxylation sites is 1. The molecule has 20 heavy (non-hydrogen) atoms. The van der Waals surface area contributed by atoms with Gasteiger partial charge in [-0.05, 0) is 59.8 Å². The quantitative estimate of drug-likeness (QED) is 0.528. The number of ether oxygens (including phenoxy) is 1. The highest BCUT2D eigenvalue weighted by Crippen LogP contribution is 2.32. The lowest BCUT2D eigenvalue weighted by Crippen LogP contribution is -2.14. The van der Waals surface area contributed by atoms with Crippen molar-refractivity contribution in [3.63, 3.8) is 0 Å². The maximum absolute atomic E-state index is 6.29. The zero-order valence-electron chi connectivity index (χ0n) is 11.3. The van der Waals surface area contributed by atoms with E-state index in [4.69, 9.17) is 16.3 Å². The summed E-state index contributed by atoms with van der Waals surface area (Å²) in [4.78, 5) is 0. The molecule has 0 aliphatic carbocycles. The summed E-state index contributed by atoms with van der Waals surface area (Å²) in [7, 11) is 0. The van der Waals surface area contributed by atoms with Crippen LogP contribution in [-0.4, -0.2) is 6.54 Å². The molecular weight excluding hydrogens is 385 g/mol. The fourth-order valence-corrected chi connectivity index (χ4v) is 2.57. The van der Waals surface area contributed by atoms with Crippen LogP contribution < -0.4 is 10.1 Å². The summed E-state index contributed by atoms with van der Waals surface area (Å²) in [5.74, 6) is 1.66. The van der Waals surface area contributed by atoms with Crippen LogP contribution in [0.25, 0.3) is 0 Å². The van der Waals surface area contributed by atoms with E-state index in [1.807, 2.05) is 42.5 Å². The molecule has 0 aliphatic rings. The lowest BCUT2D eigenvalue weighted by atomic mass is 10.2. The predicted molar refractivity (Wildman–Crippen MR) is 92.7 cm³/mol. The average molecular weight is 402 g/mol. The van der Waals surface area contributed by atoms with E-state index < -0.39 is 0 Å². The SMILES string of the molecule is CCCNCc1c(Cl)cccc1Oc1ccccc1I. The first-order chi connectivity index (χ1) is 9.72. The Morgan fingerprint density at radius 2 is 1.85 bits per heavy atom. The highest BCUT2D eigenvalue weighted by atomic mass is 127. The molecule has 0 amide bonds. The Morgan fingerprint density at radius 1 is 1.10 bits per heavy atom. The molecule has 4 heteroatoms. The first kappa shape index (κ1) is 15.6. The van der Waals surface area contributed by atoms with Crippen molar-refractivity contribution >= 4 is 34.2 Å². The summed E-state index contributed by atoms with van der Waals surface area (Å²) in [5.41, 5.74) is 1.00.